The minimum absolute atomic E-state index is 0.143. The highest BCUT2D eigenvalue weighted by molar-refractivity contribution is 9.11. The summed E-state index contributed by atoms with van der Waals surface area (Å²) in [5.41, 5.74) is 0.202. The highest BCUT2D eigenvalue weighted by Gasteiger charge is 2.14. The molecule has 0 fully saturated rings. The summed E-state index contributed by atoms with van der Waals surface area (Å²) in [4.78, 5) is 24.3. The summed E-state index contributed by atoms with van der Waals surface area (Å²) in [6.45, 7) is 2.31. The fraction of sp³-hybridized carbons (Fsp3) is 0.167. The van der Waals surface area contributed by atoms with Gasteiger partial charge in [0.25, 0.3) is 5.91 Å². The lowest BCUT2D eigenvalue weighted by Gasteiger charge is -2.08. The number of hydrogen-bond donors (Lipinski definition) is 1. The lowest BCUT2D eigenvalue weighted by Crippen LogP contribution is -2.16. The second-order valence-electron chi connectivity index (χ2n) is 3.69. The molecule has 6 nitrogen and oxygen atoms in total. The monoisotopic (exact) mass is 434 g/mol. The molecule has 0 aliphatic heterocycles. The van der Waals surface area contributed by atoms with Crippen LogP contribution in [0.3, 0.4) is 0 Å². The summed E-state index contributed by atoms with van der Waals surface area (Å²) in [7, 11) is 0. The maximum Gasteiger partial charge on any atom is 0.275 e. The second-order valence-corrected chi connectivity index (χ2v) is 5.55. The molecular weight excluding hydrogens is 427 g/mol. The van der Waals surface area contributed by atoms with Crippen molar-refractivity contribution in [2.24, 2.45) is 0 Å². The number of nitrogens with zero attached hydrogens (tertiary/aromatic N) is 3. The van der Waals surface area contributed by atoms with Gasteiger partial charge in [0, 0.05) is 6.07 Å². The van der Waals surface area contributed by atoms with Crippen LogP contribution in [0.15, 0.2) is 27.4 Å². The van der Waals surface area contributed by atoms with E-state index in [2.05, 4.69) is 52.1 Å². The quantitative estimate of drug-likeness (QED) is 0.791. The summed E-state index contributed by atoms with van der Waals surface area (Å²) in [6.07, 6.45) is 0. The van der Waals surface area contributed by atoms with Gasteiger partial charge < -0.3 is 10.1 Å². The molecule has 0 atom stereocenters. The molecule has 2 aromatic heterocycles. The van der Waals surface area contributed by atoms with Gasteiger partial charge >= 0.3 is 0 Å². The van der Waals surface area contributed by atoms with Gasteiger partial charge in [0.15, 0.2) is 11.0 Å². The van der Waals surface area contributed by atoms with Crippen LogP contribution >= 0.6 is 43.5 Å². The number of amides is 1. The third kappa shape index (κ3) is 4.12. The predicted molar refractivity (Wildman–Crippen MR) is 85.8 cm³/mol. The minimum atomic E-state index is -0.440. The van der Waals surface area contributed by atoms with E-state index >= 15 is 0 Å². The molecule has 0 saturated heterocycles. The second kappa shape index (κ2) is 7.15. The number of rotatable bonds is 4. The Bertz CT molecular complexity index is 684. The molecule has 2 rings (SSSR count). The molecule has 0 bridgehead atoms. The van der Waals surface area contributed by atoms with Gasteiger partial charge in [-0.1, -0.05) is 17.7 Å². The number of pyridine rings is 1. The van der Waals surface area contributed by atoms with Crippen molar-refractivity contribution in [1.29, 1.82) is 0 Å². The fourth-order valence-electron chi connectivity index (χ4n) is 1.40. The van der Waals surface area contributed by atoms with E-state index in [1.807, 2.05) is 6.92 Å². The number of nitrogens with one attached hydrogen (secondary N) is 1. The van der Waals surface area contributed by atoms with E-state index in [4.69, 9.17) is 16.3 Å². The first-order valence-electron chi connectivity index (χ1n) is 5.81. The van der Waals surface area contributed by atoms with Crippen molar-refractivity contribution in [2.75, 3.05) is 11.9 Å². The van der Waals surface area contributed by atoms with Crippen molar-refractivity contribution in [3.63, 3.8) is 0 Å². The number of carbonyl (C=O) groups is 1. The zero-order chi connectivity index (χ0) is 15.4. The third-order valence-corrected chi connectivity index (χ3v) is 3.85. The van der Waals surface area contributed by atoms with Crippen LogP contribution < -0.4 is 10.1 Å². The Morgan fingerprint density at radius 1 is 1.29 bits per heavy atom. The highest BCUT2D eigenvalue weighted by atomic mass is 79.9. The van der Waals surface area contributed by atoms with Crippen LogP contribution in [0.2, 0.25) is 5.15 Å². The predicted octanol–water partition coefficient (Wildman–Crippen LogP) is 3.70. The zero-order valence-electron chi connectivity index (χ0n) is 10.7. The van der Waals surface area contributed by atoms with Crippen molar-refractivity contribution in [3.05, 3.63) is 38.3 Å². The molecule has 0 radical (unpaired) electrons. The number of carbonyl (C=O) groups excluding carboxylic acids is 1. The van der Waals surface area contributed by atoms with E-state index < -0.39 is 5.91 Å². The molecule has 0 spiro atoms. The number of anilines is 1. The Labute approximate surface area is 142 Å². The average Bonchev–Trinajstić information content (AvgIpc) is 2.45. The topological polar surface area (TPSA) is 77.0 Å². The molecule has 110 valence electrons. The first-order valence-corrected chi connectivity index (χ1v) is 7.77. The standard InChI is InChI=1S/C12H9Br2ClN4O2/c1-2-21-7-5-3-4-6(16-7)12(20)19-11-9(14)17-8(13)10(15)18-11/h3-5H,2H2,1H3,(H,18,19,20). The Balaban J connectivity index is 2.22. The largest absolute Gasteiger partial charge is 0.478 e. The van der Waals surface area contributed by atoms with Crippen LogP contribution in [0, 0.1) is 0 Å². The van der Waals surface area contributed by atoms with E-state index in [1.165, 1.54) is 0 Å². The van der Waals surface area contributed by atoms with Gasteiger partial charge in [-0.3, -0.25) is 4.79 Å². The van der Waals surface area contributed by atoms with Gasteiger partial charge in [-0.15, -0.1) is 0 Å². The molecule has 1 amide bonds. The molecule has 21 heavy (non-hydrogen) atoms. The number of ether oxygens (including phenoxy) is 1. The van der Waals surface area contributed by atoms with E-state index in [9.17, 15) is 4.79 Å². The molecule has 0 saturated carbocycles. The van der Waals surface area contributed by atoms with Crippen molar-refractivity contribution < 1.29 is 9.53 Å². The normalized spacial score (nSPS) is 10.3. The van der Waals surface area contributed by atoms with Crippen LogP contribution in [0.1, 0.15) is 17.4 Å². The smallest absolute Gasteiger partial charge is 0.275 e. The SMILES string of the molecule is CCOc1cccc(C(=O)Nc2nc(Cl)c(Br)nc2Br)n1. The van der Waals surface area contributed by atoms with E-state index in [0.717, 1.165) is 0 Å². The summed E-state index contributed by atoms with van der Waals surface area (Å²) >= 11 is 12.2. The summed E-state index contributed by atoms with van der Waals surface area (Å²) in [6, 6.07) is 4.92. The maximum atomic E-state index is 12.1. The lowest BCUT2D eigenvalue weighted by molar-refractivity contribution is 0.102. The Hall–Kier alpha value is -1.25. The number of hydrogen-bond acceptors (Lipinski definition) is 5. The minimum Gasteiger partial charge on any atom is -0.478 e. The van der Waals surface area contributed by atoms with Crippen molar-refractivity contribution in [2.45, 2.75) is 6.92 Å². The fourth-order valence-corrected chi connectivity index (χ4v) is 2.39. The molecule has 0 aromatic carbocycles. The van der Waals surface area contributed by atoms with Gasteiger partial charge in [-0.25, -0.2) is 15.0 Å². The third-order valence-electron chi connectivity index (χ3n) is 2.25. The van der Waals surface area contributed by atoms with Crippen molar-refractivity contribution in [3.8, 4) is 5.88 Å². The van der Waals surface area contributed by atoms with Crippen LogP contribution in [0.5, 0.6) is 5.88 Å². The molecule has 1 N–H and O–H groups in total. The van der Waals surface area contributed by atoms with Crippen molar-refractivity contribution in [1.82, 2.24) is 15.0 Å². The van der Waals surface area contributed by atoms with Crippen LogP contribution in [0.25, 0.3) is 0 Å². The molecule has 0 unspecified atom stereocenters. The van der Waals surface area contributed by atoms with E-state index in [0.29, 0.717) is 21.7 Å². The molecule has 2 aromatic rings. The highest BCUT2D eigenvalue weighted by Crippen LogP contribution is 2.26. The zero-order valence-corrected chi connectivity index (χ0v) is 14.7. The first kappa shape index (κ1) is 16.1. The van der Waals surface area contributed by atoms with Crippen molar-refractivity contribution >= 4 is 55.2 Å². The number of aromatic nitrogens is 3. The van der Waals surface area contributed by atoms with Crippen LogP contribution in [-0.2, 0) is 0 Å². The Morgan fingerprint density at radius 3 is 2.76 bits per heavy atom. The Kier molecular flexibility index (Phi) is 5.49. The first-order chi connectivity index (χ1) is 10.0. The van der Waals surface area contributed by atoms with Gasteiger partial charge in [0.1, 0.15) is 14.9 Å². The maximum absolute atomic E-state index is 12.1. The van der Waals surface area contributed by atoms with E-state index in [-0.39, 0.29) is 16.7 Å². The van der Waals surface area contributed by atoms with Crippen LogP contribution in [0.4, 0.5) is 5.82 Å². The van der Waals surface area contributed by atoms with Gasteiger partial charge in [0.05, 0.1) is 6.61 Å². The summed E-state index contributed by atoms with van der Waals surface area (Å²) < 4.78 is 5.98. The Morgan fingerprint density at radius 2 is 2.05 bits per heavy atom. The lowest BCUT2D eigenvalue weighted by atomic mass is 10.3. The summed E-state index contributed by atoms with van der Waals surface area (Å²) in [5, 5.41) is 2.72. The van der Waals surface area contributed by atoms with Gasteiger partial charge in [-0.05, 0) is 44.8 Å². The molecule has 0 aliphatic carbocycles. The van der Waals surface area contributed by atoms with E-state index in [1.54, 1.807) is 18.2 Å². The van der Waals surface area contributed by atoms with Crippen LogP contribution in [-0.4, -0.2) is 27.5 Å². The molecule has 9 heteroatoms. The van der Waals surface area contributed by atoms with Gasteiger partial charge in [0.2, 0.25) is 5.88 Å². The molecule has 2 heterocycles. The van der Waals surface area contributed by atoms with Gasteiger partial charge in [-0.2, -0.15) is 0 Å². The average molecular weight is 436 g/mol. The molecular formula is C12H9Br2ClN4O2. The summed E-state index contributed by atoms with van der Waals surface area (Å²) in [5.74, 6) is 0.144. The molecule has 0 aliphatic rings. The number of halogens is 3.